The molecule has 0 spiro atoms. The second kappa shape index (κ2) is 5.70. The summed E-state index contributed by atoms with van der Waals surface area (Å²) in [6.45, 7) is 4.01. The molecule has 0 aromatic heterocycles. The molecule has 0 aromatic rings. The Kier molecular flexibility index (Phi) is 4.17. The molecule has 0 heterocycles. The molecule has 0 radical (unpaired) electrons. The largest absolute Gasteiger partial charge is 0.463 e. The monoisotopic (exact) mass is 327 g/mol. The molecule has 2 atom stereocenters. The molecule has 4 aliphatic rings. The van der Waals surface area contributed by atoms with Crippen molar-refractivity contribution in [2.45, 2.75) is 69.8 Å². The highest BCUT2D eigenvalue weighted by atomic mass is 35.5. The van der Waals surface area contributed by atoms with Crippen LogP contribution in [0.4, 0.5) is 0 Å². The molecule has 4 bridgehead atoms. The van der Waals surface area contributed by atoms with Gasteiger partial charge in [0, 0.05) is 11.4 Å². The van der Waals surface area contributed by atoms with E-state index in [4.69, 9.17) is 16.3 Å². The summed E-state index contributed by atoms with van der Waals surface area (Å²) < 4.78 is 5.09. The quantitative estimate of drug-likeness (QED) is 0.624. The smallest absolute Gasteiger partial charge is 0.307 e. The number of esters is 1. The van der Waals surface area contributed by atoms with Gasteiger partial charge in [-0.2, -0.15) is 0 Å². The summed E-state index contributed by atoms with van der Waals surface area (Å²) in [5, 5.41) is 2.96. The third kappa shape index (κ3) is 3.12. The predicted molar refractivity (Wildman–Crippen MR) is 84.6 cm³/mol. The minimum absolute atomic E-state index is 0.101. The molecule has 0 saturated heterocycles. The lowest BCUT2D eigenvalue weighted by atomic mass is 9.49. The third-order valence-corrected chi connectivity index (χ3v) is 5.90. The van der Waals surface area contributed by atoms with Crippen molar-refractivity contribution in [1.29, 1.82) is 0 Å². The molecule has 4 saturated carbocycles. The second-order valence-electron chi connectivity index (χ2n) is 7.94. The summed E-state index contributed by atoms with van der Waals surface area (Å²) in [6.07, 6.45) is 6.25. The lowest BCUT2D eigenvalue weighted by molar-refractivity contribution is -0.148. The lowest BCUT2D eigenvalue weighted by Gasteiger charge is -2.59. The Morgan fingerprint density at radius 2 is 1.86 bits per heavy atom. The third-order valence-electron chi connectivity index (χ3n) is 5.45. The average molecular weight is 328 g/mol. The van der Waals surface area contributed by atoms with E-state index in [0.29, 0.717) is 18.4 Å². The molecule has 1 amide bonds. The molecule has 5 heteroatoms. The van der Waals surface area contributed by atoms with Crippen LogP contribution in [0.15, 0.2) is 0 Å². The van der Waals surface area contributed by atoms with Crippen LogP contribution >= 0.6 is 11.6 Å². The number of amides is 1. The predicted octanol–water partition coefficient (Wildman–Crippen LogP) is 3.02. The standard InChI is InChI=1S/C17H26ClNO3/c1-11(2)22-14(20)3-4-19-15(21)16-6-12-5-13(7-16)9-17(18,8-12)10-16/h11-13H,3-10H2,1-2H3,(H,19,21). The van der Waals surface area contributed by atoms with Crippen LogP contribution in [0.2, 0.25) is 0 Å². The Morgan fingerprint density at radius 1 is 1.23 bits per heavy atom. The SMILES string of the molecule is CC(C)OC(=O)CCNC(=O)C12CC3CC(CC(Cl)(C3)C1)C2. The fourth-order valence-corrected chi connectivity index (χ4v) is 5.90. The van der Waals surface area contributed by atoms with Crippen molar-refractivity contribution in [3.05, 3.63) is 0 Å². The molecule has 124 valence electrons. The van der Waals surface area contributed by atoms with E-state index in [1.165, 1.54) is 6.42 Å². The first-order valence-corrected chi connectivity index (χ1v) is 8.85. The molecule has 4 nitrogen and oxygen atoms in total. The first kappa shape index (κ1) is 16.1. The number of carbonyl (C=O) groups excluding carboxylic acids is 2. The topological polar surface area (TPSA) is 55.4 Å². The molecule has 22 heavy (non-hydrogen) atoms. The maximum Gasteiger partial charge on any atom is 0.307 e. The Balaban J connectivity index is 1.55. The number of alkyl halides is 1. The molecule has 0 aromatic carbocycles. The van der Waals surface area contributed by atoms with Gasteiger partial charge < -0.3 is 10.1 Å². The Bertz CT molecular complexity index is 463. The van der Waals surface area contributed by atoms with Gasteiger partial charge in [-0.25, -0.2) is 0 Å². The van der Waals surface area contributed by atoms with Gasteiger partial charge in [-0.15, -0.1) is 11.6 Å². The van der Waals surface area contributed by atoms with Crippen molar-refractivity contribution in [1.82, 2.24) is 5.32 Å². The van der Waals surface area contributed by atoms with Crippen LogP contribution in [0.25, 0.3) is 0 Å². The molecule has 2 unspecified atom stereocenters. The van der Waals surface area contributed by atoms with E-state index in [1.807, 2.05) is 13.8 Å². The molecule has 4 rings (SSSR count). The van der Waals surface area contributed by atoms with Gasteiger partial charge in [0.25, 0.3) is 0 Å². The van der Waals surface area contributed by atoms with Crippen LogP contribution in [0.5, 0.6) is 0 Å². The van der Waals surface area contributed by atoms with Gasteiger partial charge in [-0.05, 0) is 64.2 Å². The van der Waals surface area contributed by atoms with Crippen molar-refractivity contribution in [2.24, 2.45) is 17.3 Å². The fourth-order valence-electron chi connectivity index (χ4n) is 5.20. The van der Waals surface area contributed by atoms with E-state index in [-0.39, 0.29) is 34.7 Å². The van der Waals surface area contributed by atoms with Crippen LogP contribution in [0.3, 0.4) is 0 Å². The number of hydrogen-bond acceptors (Lipinski definition) is 3. The number of carbonyl (C=O) groups is 2. The highest BCUT2D eigenvalue weighted by Gasteiger charge is 2.59. The van der Waals surface area contributed by atoms with Crippen LogP contribution in [0.1, 0.15) is 58.8 Å². The second-order valence-corrected chi connectivity index (χ2v) is 8.74. The van der Waals surface area contributed by atoms with Gasteiger partial charge in [0.1, 0.15) is 0 Å². The van der Waals surface area contributed by atoms with E-state index < -0.39 is 0 Å². The van der Waals surface area contributed by atoms with Crippen molar-refractivity contribution in [3.63, 3.8) is 0 Å². The van der Waals surface area contributed by atoms with Crippen LogP contribution in [-0.4, -0.2) is 29.4 Å². The first-order chi connectivity index (χ1) is 10.3. The Labute approximate surface area is 137 Å². The van der Waals surface area contributed by atoms with Crippen LogP contribution < -0.4 is 5.32 Å². The zero-order chi connectivity index (χ0) is 16.0. The minimum Gasteiger partial charge on any atom is -0.463 e. The van der Waals surface area contributed by atoms with E-state index in [0.717, 1.165) is 32.1 Å². The molecule has 4 aliphatic carbocycles. The van der Waals surface area contributed by atoms with Crippen molar-refractivity contribution >= 4 is 23.5 Å². The number of ether oxygens (including phenoxy) is 1. The Hall–Kier alpha value is -0.770. The van der Waals surface area contributed by atoms with E-state index >= 15 is 0 Å². The van der Waals surface area contributed by atoms with Gasteiger partial charge >= 0.3 is 5.97 Å². The maximum absolute atomic E-state index is 12.7. The number of hydrogen-bond donors (Lipinski definition) is 1. The summed E-state index contributed by atoms with van der Waals surface area (Å²) in [5.74, 6) is 1.06. The van der Waals surface area contributed by atoms with Gasteiger partial charge in [-0.1, -0.05) is 0 Å². The Morgan fingerprint density at radius 3 is 2.41 bits per heavy atom. The zero-order valence-corrected chi connectivity index (χ0v) is 14.2. The van der Waals surface area contributed by atoms with Gasteiger partial charge in [0.05, 0.1) is 17.9 Å². The number of nitrogens with one attached hydrogen (secondary N) is 1. The van der Waals surface area contributed by atoms with E-state index in [9.17, 15) is 9.59 Å². The van der Waals surface area contributed by atoms with Gasteiger partial charge in [0.15, 0.2) is 0 Å². The highest BCUT2D eigenvalue weighted by Crippen LogP contribution is 2.63. The van der Waals surface area contributed by atoms with Crippen LogP contribution in [0, 0.1) is 17.3 Å². The number of rotatable bonds is 5. The molecular formula is C17H26ClNO3. The summed E-state index contributed by atoms with van der Waals surface area (Å²) in [5.41, 5.74) is -0.284. The van der Waals surface area contributed by atoms with E-state index in [1.54, 1.807) is 0 Å². The molecule has 4 fully saturated rings. The maximum atomic E-state index is 12.7. The lowest BCUT2D eigenvalue weighted by Crippen LogP contribution is -2.58. The molecule has 0 aliphatic heterocycles. The normalized spacial score (nSPS) is 39.1. The highest BCUT2D eigenvalue weighted by molar-refractivity contribution is 6.24. The first-order valence-electron chi connectivity index (χ1n) is 8.47. The van der Waals surface area contributed by atoms with Crippen molar-refractivity contribution in [3.8, 4) is 0 Å². The van der Waals surface area contributed by atoms with Crippen molar-refractivity contribution < 1.29 is 14.3 Å². The van der Waals surface area contributed by atoms with Gasteiger partial charge in [0.2, 0.25) is 5.91 Å². The minimum atomic E-state index is -0.284. The fraction of sp³-hybridized carbons (Fsp3) is 0.882. The van der Waals surface area contributed by atoms with Crippen LogP contribution in [-0.2, 0) is 14.3 Å². The summed E-state index contributed by atoms with van der Waals surface area (Å²) in [7, 11) is 0. The van der Waals surface area contributed by atoms with E-state index in [2.05, 4.69) is 5.32 Å². The van der Waals surface area contributed by atoms with Gasteiger partial charge in [-0.3, -0.25) is 9.59 Å². The molecular weight excluding hydrogens is 302 g/mol. The summed E-state index contributed by atoms with van der Waals surface area (Å²) >= 11 is 6.75. The number of halogens is 1. The van der Waals surface area contributed by atoms with Crippen molar-refractivity contribution in [2.75, 3.05) is 6.54 Å². The average Bonchev–Trinajstić information content (AvgIpc) is 2.34. The zero-order valence-electron chi connectivity index (χ0n) is 13.5. The summed E-state index contributed by atoms with van der Waals surface area (Å²) in [6, 6.07) is 0. The molecule has 1 N–H and O–H groups in total. The summed E-state index contributed by atoms with van der Waals surface area (Å²) in [4.78, 5) is 24.1.